The number of aliphatic hydroxyl groups is 1. The standard InChI is InChI=1S/C10H14N2O/c1-8(2)3-4-10(13)9-7-11-5-6-12-9/h5-7,10,13H,1,3-4H2,2H3. The lowest BCUT2D eigenvalue weighted by atomic mass is 10.1. The van der Waals surface area contributed by atoms with E-state index in [-0.39, 0.29) is 0 Å². The van der Waals surface area contributed by atoms with E-state index < -0.39 is 6.10 Å². The molecular formula is C10H14N2O. The molecular weight excluding hydrogens is 164 g/mol. The average Bonchev–Trinajstić information content (AvgIpc) is 2.15. The Balaban J connectivity index is 2.49. The van der Waals surface area contributed by atoms with E-state index in [4.69, 9.17) is 0 Å². The van der Waals surface area contributed by atoms with Gasteiger partial charge < -0.3 is 5.11 Å². The first-order chi connectivity index (χ1) is 6.20. The summed E-state index contributed by atoms with van der Waals surface area (Å²) in [5, 5.41) is 9.63. The summed E-state index contributed by atoms with van der Waals surface area (Å²) in [5.41, 5.74) is 1.70. The van der Waals surface area contributed by atoms with Crippen LogP contribution in [0.15, 0.2) is 30.7 Å². The normalized spacial score (nSPS) is 12.5. The number of nitrogens with zero attached hydrogens (tertiary/aromatic N) is 2. The molecule has 0 fully saturated rings. The molecule has 3 heteroatoms. The largest absolute Gasteiger partial charge is 0.387 e. The molecule has 0 radical (unpaired) electrons. The monoisotopic (exact) mass is 178 g/mol. The summed E-state index contributed by atoms with van der Waals surface area (Å²) in [4.78, 5) is 7.90. The van der Waals surface area contributed by atoms with Crippen LogP contribution >= 0.6 is 0 Å². The minimum atomic E-state index is -0.523. The average molecular weight is 178 g/mol. The second-order valence-electron chi connectivity index (χ2n) is 3.14. The zero-order valence-corrected chi connectivity index (χ0v) is 7.77. The molecule has 0 bridgehead atoms. The van der Waals surface area contributed by atoms with Crippen molar-refractivity contribution in [1.82, 2.24) is 9.97 Å². The SMILES string of the molecule is C=C(C)CCC(O)c1cnccn1. The van der Waals surface area contributed by atoms with Gasteiger partial charge in [0.05, 0.1) is 18.0 Å². The molecule has 1 N–H and O–H groups in total. The van der Waals surface area contributed by atoms with Crippen LogP contribution in [-0.2, 0) is 0 Å². The maximum atomic E-state index is 9.63. The van der Waals surface area contributed by atoms with Gasteiger partial charge in [0.1, 0.15) is 0 Å². The van der Waals surface area contributed by atoms with Crippen LogP contribution in [0.4, 0.5) is 0 Å². The van der Waals surface area contributed by atoms with E-state index in [1.807, 2.05) is 6.92 Å². The number of allylic oxidation sites excluding steroid dienone is 1. The Morgan fingerprint density at radius 2 is 2.38 bits per heavy atom. The van der Waals surface area contributed by atoms with Crippen molar-refractivity contribution in [3.05, 3.63) is 36.4 Å². The van der Waals surface area contributed by atoms with E-state index >= 15 is 0 Å². The first-order valence-corrected chi connectivity index (χ1v) is 4.28. The van der Waals surface area contributed by atoms with Gasteiger partial charge in [0.25, 0.3) is 0 Å². The van der Waals surface area contributed by atoms with Crippen molar-refractivity contribution in [2.24, 2.45) is 0 Å². The summed E-state index contributed by atoms with van der Waals surface area (Å²) < 4.78 is 0. The highest BCUT2D eigenvalue weighted by atomic mass is 16.3. The van der Waals surface area contributed by atoms with E-state index in [9.17, 15) is 5.11 Å². The summed E-state index contributed by atoms with van der Waals surface area (Å²) >= 11 is 0. The Hall–Kier alpha value is -1.22. The van der Waals surface area contributed by atoms with Gasteiger partial charge in [0.15, 0.2) is 0 Å². The molecule has 0 aliphatic heterocycles. The van der Waals surface area contributed by atoms with Crippen molar-refractivity contribution in [2.45, 2.75) is 25.9 Å². The lowest BCUT2D eigenvalue weighted by Crippen LogP contribution is -2.00. The summed E-state index contributed by atoms with van der Waals surface area (Å²) in [5.74, 6) is 0. The van der Waals surface area contributed by atoms with Gasteiger partial charge in [-0.2, -0.15) is 0 Å². The molecule has 0 spiro atoms. The Morgan fingerprint density at radius 1 is 1.62 bits per heavy atom. The molecule has 0 amide bonds. The van der Waals surface area contributed by atoms with Crippen molar-refractivity contribution in [3.63, 3.8) is 0 Å². The molecule has 1 unspecified atom stereocenters. The van der Waals surface area contributed by atoms with Crippen molar-refractivity contribution in [1.29, 1.82) is 0 Å². The summed E-state index contributed by atoms with van der Waals surface area (Å²) in [6.45, 7) is 5.72. The molecule has 0 aliphatic rings. The van der Waals surface area contributed by atoms with Crippen LogP contribution in [0, 0.1) is 0 Å². The van der Waals surface area contributed by atoms with E-state index in [0.29, 0.717) is 12.1 Å². The van der Waals surface area contributed by atoms with Crippen molar-refractivity contribution in [3.8, 4) is 0 Å². The molecule has 1 atom stereocenters. The third-order valence-electron chi connectivity index (χ3n) is 1.77. The van der Waals surface area contributed by atoms with Crippen molar-refractivity contribution < 1.29 is 5.11 Å². The van der Waals surface area contributed by atoms with E-state index in [2.05, 4.69) is 16.5 Å². The van der Waals surface area contributed by atoms with Crippen LogP contribution in [0.3, 0.4) is 0 Å². The van der Waals surface area contributed by atoms with Crippen LogP contribution in [0.5, 0.6) is 0 Å². The molecule has 1 rings (SSSR count). The predicted octanol–water partition coefficient (Wildman–Crippen LogP) is 1.87. The van der Waals surface area contributed by atoms with Gasteiger partial charge in [-0.25, -0.2) is 0 Å². The van der Waals surface area contributed by atoms with Crippen LogP contribution in [0.1, 0.15) is 31.6 Å². The molecule has 0 saturated carbocycles. The van der Waals surface area contributed by atoms with Crippen LogP contribution < -0.4 is 0 Å². The summed E-state index contributed by atoms with van der Waals surface area (Å²) in [6, 6.07) is 0. The second-order valence-corrected chi connectivity index (χ2v) is 3.14. The number of hydrogen-bond donors (Lipinski definition) is 1. The van der Waals surface area contributed by atoms with Crippen molar-refractivity contribution in [2.75, 3.05) is 0 Å². The minimum absolute atomic E-state index is 0.523. The zero-order chi connectivity index (χ0) is 9.68. The molecule has 1 aromatic heterocycles. The Labute approximate surface area is 78.2 Å². The van der Waals surface area contributed by atoms with E-state index in [1.54, 1.807) is 18.6 Å². The fraction of sp³-hybridized carbons (Fsp3) is 0.400. The molecule has 0 saturated heterocycles. The summed E-state index contributed by atoms with van der Waals surface area (Å²) in [6.07, 6.45) is 5.72. The topological polar surface area (TPSA) is 46.0 Å². The fourth-order valence-electron chi connectivity index (χ4n) is 1.01. The highest BCUT2D eigenvalue weighted by Crippen LogP contribution is 2.16. The van der Waals surface area contributed by atoms with Gasteiger partial charge in [-0.1, -0.05) is 5.57 Å². The first-order valence-electron chi connectivity index (χ1n) is 4.28. The first kappa shape index (κ1) is 9.86. The van der Waals surface area contributed by atoms with Gasteiger partial charge in [0, 0.05) is 12.4 Å². The van der Waals surface area contributed by atoms with E-state index in [1.165, 1.54) is 0 Å². The minimum Gasteiger partial charge on any atom is -0.387 e. The molecule has 0 aliphatic carbocycles. The molecule has 1 aromatic rings. The van der Waals surface area contributed by atoms with Gasteiger partial charge >= 0.3 is 0 Å². The maximum Gasteiger partial charge on any atom is 0.0978 e. The van der Waals surface area contributed by atoms with Gasteiger partial charge in [-0.15, -0.1) is 6.58 Å². The van der Waals surface area contributed by atoms with Crippen LogP contribution in [0.25, 0.3) is 0 Å². The van der Waals surface area contributed by atoms with Crippen LogP contribution in [0.2, 0.25) is 0 Å². The Kier molecular flexibility index (Phi) is 3.58. The number of aromatic nitrogens is 2. The lowest BCUT2D eigenvalue weighted by Gasteiger charge is -2.08. The molecule has 1 heterocycles. The third-order valence-corrected chi connectivity index (χ3v) is 1.77. The third kappa shape index (κ3) is 3.34. The number of hydrogen-bond acceptors (Lipinski definition) is 3. The summed E-state index contributed by atoms with van der Waals surface area (Å²) in [7, 11) is 0. The van der Waals surface area contributed by atoms with Gasteiger partial charge in [0.2, 0.25) is 0 Å². The maximum absolute atomic E-state index is 9.63. The van der Waals surface area contributed by atoms with Gasteiger partial charge in [-0.3, -0.25) is 9.97 Å². The van der Waals surface area contributed by atoms with E-state index in [0.717, 1.165) is 12.0 Å². The van der Waals surface area contributed by atoms with Crippen molar-refractivity contribution >= 4 is 0 Å². The Bertz CT molecular complexity index is 272. The quantitative estimate of drug-likeness (QED) is 0.716. The second kappa shape index (κ2) is 4.72. The molecule has 0 aromatic carbocycles. The molecule has 3 nitrogen and oxygen atoms in total. The smallest absolute Gasteiger partial charge is 0.0978 e. The molecule has 70 valence electrons. The van der Waals surface area contributed by atoms with Crippen LogP contribution in [-0.4, -0.2) is 15.1 Å². The lowest BCUT2D eigenvalue weighted by molar-refractivity contribution is 0.162. The fourth-order valence-corrected chi connectivity index (χ4v) is 1.01. The predicted molar refractivity (Wildman–Crippen MR) is 51.0 cm³/mol. The molecule has 13 heavy (non-hydrogen) atoms. The number of aliphatic hydroxyl groups excluding tert-OH is 1. The van der Waals surface area contributed by atoms with Gasteiger partial charge in [-0.05, 0) is 19.8 Å². The highest BCUT2D eigenvalue weighted by molar-refractivity contribution is 5.00. The highest BCUT2D eigenvalue weighted by Gasteiger charge is 2.07. The number of rotatable bonds is 4. The Morgan fingerprint density at radius 3 is 2.92 bits per heavy atom. The zero-order valence-electron chi connectivity index (χ0n) is 7.77.